The van der Waals surface area contributed by atoms with Crippen LogP contribution in [-0.2, 0) is 6.54 Å². The first-order chi connectivity index (χ1) is 9.16. The third-order valence-electron chi connectivity index (χ3n) is 3.84. The summed E-state index contributed by atoms with van der Waals surface area (Å²) in [4.78, 5) is 14.2. The summed E-state index contributed by atoms with van der Waals surface area (Å²) in [6.07, 6.45) is 1.95. The molecule has 0 radical (unpaired) electrons. The number of aromatic nitrogens is 2. The van der Waals surface area contributed by atoms with Crippen LogP contribution in [0.15, 0.2) is 0 Å². The Morgan fingerprint density at radius 3 is 2.79 bits per heavy atom. The molecule has 3 heterocycles. The maximum Gasteiger partial charge on any atom is 0.274 e. The molecule has 1 fully saturated rings. The van der Waals surface area contributed by atoms with Crippen molar-refractivity contribution in [2.24, 2.45) is 0 Å². The molecule has 2 aliphatic heterocycles. The molecule has 0 atom stereocenters. The van der Waals surface area contributed by atoms with E-state index in [4.69, 9.17) is 4.74 Å². The number of aliphatic hydroxyl groups is 1. The number of aliphatic hydroxyl groups excluding tert-OH is 1. The molecule has 19 heavy (non-hydrogen) atoms. The van der Waals surface area contributed by atoms with Gasteiger partial charge in [-0.2, -0.15) is 5.10 Å². The maximum absolute atomic E-state index is 12.5. The number of rotatable bonds is 1. The predicted octanol–water partition coefficient (Wildman–Crippen LogP) is 0.571. The highest BCUT2D eigenvalue weighted by atomic mass is 16.5. The number of hydrogen-bond acceptors (Lipinski definition) is 4. The van der Waals surface area contributed by atoms with Crippen molar-refractivity contribution in [3.63, 3.8) is 0 Å². The van der Waals surface area contributed by atoms with E-state index in [9.17, 15) is 9.90 Å². The number of likely N-dealkylation sites (tertiary alicyclic amines) is 1. The lowest BCUT2D eigenvalue weighted by Gasteiger charge is -2.29. The molecule has 1 aromatic rings. The number of piperidine rings is 1. The number of ether oxygens (including phenoxy) is 1. The monoisotopic (exact) mass is 265 g/mol. The number of carbonyl (C=O) groups excluding carboxylic acids is 1. The highest BCUT2D eigenvalue weighted by molar-refractivity contribution is 5.94. The van der Waals surface area contributed by atoms with Gasteiger partial charge >= 0.3 is 0 Å². The van der Waals surface area contributed by atoms with Crippen molar-refractivity contribution in [2.45, 2.75) is 38.8 Å². The minimum atomic E-state index is -0.274. The van der Waals surface area contributed by atoms with Crippen LogP contribution in [-0.4, -0.2) is 51.5 Å². The lowest BCUT2D eigenvalue weighted by molar-refractivity contribution is 0.0540. The van der Waals surface area contributed by atoms with Crippen LogP contribution in [0.25, 0.3) is 0 Å². The van der Waals surface area contributed by atoms with Gasteiger partial charge < -0.3 is 14.7 Å². The van der Waals surface area contributed by atoms with Crippen LogP contribution in [0.5, 0.6) is 5.88 Å². The zero-order valence-electron chi connectivity index (χ0n) is 11.1. The number of amides is 1. The Morgan fingerprint density at radius 1 is 1.37 bits per heavy atom. The minimum absolute atomic E-state index is 0.0464. The zero-order valence-corrected chi connectivity index (χ0v) is 11.1. The van der Waals surface area contributed by atoms with Gasteiger partial charge in [0.2, 0.25) is 5.88 Å². The Balaban J connectivity index is 1.82. The van der Waals surface area contributed by atoms with Crippen LogP contribution < -0.4 is 4.74 Å². The van der Waals surface area contributed by atoms with E-state index in [1.54, 1.807) is 9.58 Å². The molecule has 1 amide bonds. The summed E-state index contributed by atoms with van der Waals surface area (Å²) in [5.74, 6) is 0.682. The molecule has 0 unspecified atom stereocenters. The fourth-order valence-electron chi connectivity index (χ4n) is 2.68. The molecule has 6 nitrogen and oxygen atoms in total. The van der Waals surface area contributed by atoms with E-state index in [1.165, 1.54) is 0 Å². The summed E-state index contributed by atoms with van der Waals surface area (Å²) in [6.45, 7) is 4.58. The summed E-state index contributed by atoms with van der Waals surface area (Å²) < 4.78 is 7.36. The standard InChI is InChI=1S/C13H19N3O3/c1-9-11(14-16-5-2-8-19-13(9)16)12(18)15-6-3-10(17)4-7-15/h10,17H,2-8H2,1H3. The van der Waals surface area contributed by atoms with Crippen LogP contribution in [0, 0.1) is 6.92 Å². The van der Waals surface area contributed by atoms with Crippen LogP contribution in [0.4, 0.5) is 0 Å². The molecule has 2 aliphatic rings. The Labute approximate surface area is 112 Å². The second kappa shape index (κ2) is 4.85. The number of fused-ring (bicyclic) bond motifs is 1. The van der Waals surface area contributed by atoms with Crippen molar-refractivity contribution in [1.29, 1.82) is 0 Å². The van der Waals surface area contributed by atoms with E-state index in [1.807, 2.05) is 6.92 Å². The van der Waals surface area contributed by atoms with E-state index in [0.29, 0.717) is 38.2 Å². The number of nitrogens with zero attached hydrogens (tertiary/aromatic N) is 3. The average Bonchev–Trinajstić information content (AvgIpc) is 2.77. The molecule has 0 spiro atoms. The average molecular weight is 265 g/mol. The van der Waals surface area contributed by atoms with Gasteiger partial charge in [0.25, 0.3) is 5.91 Å². The zero-order chi connectivity index (χ0) is 13.4. The van der Waals surface area contributed by atoms with Crippen molar-refractivity contribution in [1.82, 2.24) is 14.7 Å². The lowest BCUT2D eigenvalue weighted by atomic mass is 10.1. The first-order valence-electron chi connectivity index (χ1n) is 6.84. The maximum atomic E-state index is 12.5. The third-order valence-corrected chi connectivity index (χ3v) is 3.84. The molecule has 1 N–H and O–H groups in total. The summed E-state index contributed by atoms with van der Waals surface area (Å²) in [7, 11) is 0. The minimum Gasteiger partial charge on any atom is -0.478 e. The second-order valence-electron chi connectivity index (χ2n) is 5.23. The van der Waals surface area contributed by atoms with Crippen molar-refractivity contribution in [3.8, 4) is 5.88 Å². The Bertz CT molecular complexity index is 490. The summed E-state index contributed by atoms with van der Waals surface area (Å²) in [5, 5.41) is 13.9. The van der Waals surface area contributed by atoms with E-state index in [-0.39, 0.29) is 12.0 Å². The van der Waals surface area contributed by atoms with Gasteiger partial charge in [-0.05, 0) is 19.8 Å². The lowest BCUT2D eigenvalue weighted by Crippen LogP contribution is -2.40. The SMILES string of the molecule is Cc1c(C(=O)N2CCC(O)CC2)nn2c1OCCC2. The van der Waals surface area contributed by atoms with Gasteiger partial charge in [0.15, 0.2) is 5.69 Å². The topological polar surface area (TPSA) is 67.6 Å². The number of aryl methyl sites for hydroxylation is 1. The van der Waals surface area contributed by atoms with Crippen molar-refractivity contribution < 1.29 is 14.6 Å². The first kappa shape index (κ1) is 12.5. The molecule has 1 saturated heterocycles. The Kier molecular flexibility index (Phi) is 3.18. The second-order valence-corrected chi connectivity index (χ2v) is 5.23. The van der Waals surface area contributed by atoms with Crippen molar-refractivity contribution in [3.05, 3.63) is 11.3 Å². The van der Waals surface area contributed by atoms with E-state index in [2.05, 4.69) is 5.10 Å². The summed E-state index contributed by atoms with van der Waals surface area (Å²) in [6, 6.07) is 0. The molecule has 104 valence electrons. The van der Waals surface area contributed by atoms with Gasteiger partial charge in [-0.1, -0.05) is 0 Å². The summed E-state index contributed by atoms with van der Waals surface area (Å²) >= 11 is 0. The van der Waals surface area contributed by atoms with E-state index in [0.717, 1.165) is 24.4 Å². The van der Waals surface area contributed by atoms with Gasteiger partial charge in [-0.3, -0.25) is 4.79 Å². The third kappa shape index (κ3) is 2.20. The predicted molar refractivity (Wildman–Crippen MR) is 68.2 cm³/mol. The van der Waals surface area contributed by atoms with E-state index >= 15 is 0 Å². The quantitative estimate of drug-likeness (QED) is 0.806. The Hall–Kier alpha value is -1.56. The molecular formula is C13H19N3O3. The van der Waals surface area contributed by atoms with Crippen LogP contribution in [0.3, 0.4) is 0 Å². The molecule has 0 aliphatic carbocycles. The highest BCUT2D eigenvalue weighted by Gasteiger charge is 2.28. The van der Waals surface area contributed by atoms with Gasteiger partial charge in [0.1, 0.15) is 0 Å². The molecular weight excluding hydrogens is 246 g/mol. The molecule has 0 aromatic carbocycles. The highest BCUT2D eigenvalue weighted by Crippen LogP contribution is 2.26. The van der Waals surface area contributed by atoms with E-state index < -0.39 is 0 Å². The first-order valence-corrected chi connectivity index (χ1v) is 6.84. The fourth-order valence-corrected chi connectivity index (χ4v) is 2.68. The molecule has 0 bridgehead atoms. The largest absolute Gasteiger partial charge is 0.478 e. The normalized spacial score (nSPS) is 20.0. The van der Waals surface area contributed by atoms with Crippen molar-refractivity contribution in [2.75, 3.05) is 19.7 Å². The molecule has 0 saturated carbocycles. The van der Waals surface area contributed by atoms with Crippen molar-refractivity contribution >= 4 is 5.91 Å². The van der Waals surface area contributed by atoms with Gasteiger partial charge in [0.05, 0.1) is 12.7 Å². The van der Waals surface area contributed by atoms with Gasteiger partial charge in [-0.25, -0.2) is 4.68 Å². The van der Waals surface area contributed by atoms with Gasteiger partial charge in [-0.15, -0.1) is 0 Å². The molecule has 1 aromatic heterocycles. The fraction of sp³-hybridized carbons (Fsp3) is 0.692. The molecule has 3 rings (SSSR count). The Morgan fingerprint density at radius 2 is 2.11 bits per heavy atom. The molecule has 6 heteroatoms. The van der Waals surface area contributed by atoms with Gasteiger partial charge in [0, 0.05) is 31.6 Å². The van der Waals surface area contributed by atoms with Crippen LogP contribution in [0.1, 0.15) is 35.3 Å². The summed E-state index contributed by atoms with van der Waals surface area (Å²) in [5.41, 5.74) is 1.32. The number of hydrogen-bond donors (Lipinski definition) is 1. The van der Waals surface area contributed by atoms with Crippen LogP contribution in [0.2, 0.25) is 0 Å². The smallest absolute Gasteiger partial charge is 0.274 e. The van der Waals surface area contributed by atoms with Crippen LogP contribution >= 0.6 is 0 Å². The number of carbonyl (C=O) groups is 1.